The summed E-state index contributed by atoms with van der Waals surface area (Å²) in [4.78, 5) is 0. The van der Waals surface area contributed by atoms with Crippen LogP contribution in [0.3, 0.4) is 0 Å². The van der Waals surface area contributed by atoms with Crippen LogP contribution in [0.1, 0.15) is 20.8 Å². The zero-order chi connectivity index (χ0) is 7.11. The highest BCUT2D eigenvalue weighted by Gasteiger charge is 1.74. The summed E-state index contributed by atoms with van der Waals surface area (Å²) in [5.74, 6) is 0. The van der Waals surface area contributed by atoms with Crippen molar-refractivity contribution in [2.45, 2.75) is 20.8 Å². The van der Waals surface area contributed by atoms with Crippen molar-refractivity contribution in [2.24, 2.45) is 0 Å². The SMILES string of the molecule is C/C=C/OCC=C(C)C. The summed E-state index contributed by atoms with van der Waals surface area (Å²) in [5.41, 5.74) is 1.29. The fraction of sp³-hybridized carbons (Fsp3) is 0.500. The highest BCUT2D eigenvalue weighted by molar-refractivity contribution is 4.93. The van der Waals surface area contributed by atoms with Crippen molar-refractivity contribution in [2.75, 3.05) is 6.61 Å². The van der Waals surface area contributed by atoms with Crippen LogP contribution in [0.2, 0.25) is 0 Å². The molecule has 9 heavy (non-hydrogen) atoms. The molecule has 1 heteroatoms. The molecule has 0 aromatic carbocycles. The van der Waals surface area contributed by atoms with Crippen molar-refractivity contribution in [1.29, 1.82) is 0 Å². The van der Waals surface area contributed by atoms with Gasteiger partial charge in [0.2, 0.25) is 0 Å². The zero-order valence-corrected chi connectivity index (χ0v) is 6.35. The molecule has 0 aliphatic carbocycles. The van der Waals surface area contributed by atoms with E-state index in [1.807, 2.05) is 19.1 Å². The predicted molar refractivity (Wildman–Crippen MR) is 40.2 cm³/mol. The van der Waals surface area contributed by atoms with Crippen molar-refractivity contribution in [3.05, 3.63) is 24.0 Å². The molecule has 0 heterocycles. The molecule has 0 saturated carbocycles. The van der Waals surface area contributed by atoms with Crippen molar-refractivity contribution < 1.29 is 4.74 Å². The first-order chi connectivity index (χ1) is 4.27. The number of allylic oxidation sites excluding steroid dienone is 2. The topological polar surface area (TPSA) is 9.23 Å². The van der Waals surface area contributed by atoms with E-state index in [0.717, 1.165) is 0 Å². The Kier molecular flexibility index (Phi) is 4.98. The third kappa shape index (κ3) is 7.28. The molecule has 0 aliphatic rings. The first-order valence-corrected chi connectivity index (χ1v) is 3.13. The number of ether oxygens (including phenoxy) is 1. The molecule has 0 amide bonds. The van der Waals surface area contributed by atoms with E-state index in [1.165, 1.54) is 5.57 Å². The van der Waals surface area contributed by atoms with Gasteiger partial charge in [0.1, 0.15) is 6.61 Å². The van der Waals surface area contributed by atoms with E-state index >= 15 is 0 Å². The maximum Gasteiger partial charge on any atom is 0.106 e. The molecule has 0 N–H and O–H groups in total. The minimum absolute atomic E-state index is 0.687. The van der Waals surface area contributed by atoms with Crippen LogP contribution in [-0.2, 0) is 4.74 Å². The van der Waals surface area contributed by atoms with Crippen LogP contribution in [0, 0.1) is 0 Å². The van der Waals surface area contributed by atoms with Crippen molar-refractivity contribution in [3.63, 3.8) is 0 Å². The normalized spacial score (nSPS) is 9.67. The van der Waals surface area contributed by atoms with Gasteiger partial charge >= 0.3 is 0 Å². The molecule has 0 aliphatic heterocycles. The second-order valence-electron chi connectivity index (χ2n) is 2.08. The maximum atomic E-state index is 5.04. The third-order valence-electron chi connectivity index (χ3n) is 0.820. The van der Waals surface area contributed by atoms with Crippen LogP contribution >= 0.6 is 0 Å². The van der Waals surface area contributed by atoms with E-state index in [4.69, 9.17) is 4.74 Å². The molecule has 0 bridgehead atoms. The lowest BCUT2D eigenvalue weighted by atomic mass is 10.3. The standard InChI is InChI=1S/C8H14O/c1-4-6-9-7-5-8(2)3/h4-6H,7H2,1-3H3/b6-4+. The Balaban J connectivity index is 3.20. The molecular weight excluding hydrogens is 112 g/mol. The lowest BCUT2D eigenvalue weighted by Gasteiger charge is -1.92. The van der Waals surface area contributed by atoms with E-state index in [2.05, 4.69) is 13.8 Å². The molecule has 0 radical (unpaired) electrons. The van der Waals surface area contributed by atoms with Crippen molar-refractivity contribution in [3.8, 4) is 0 Å². The second-order valence-corrected chi connectivity index (χ2v) is 2.08. The molecule has 0 spiro atoms. The second kappa shape index (κ2) is 5.42. The highest BCUT2D eigenvalue weighted by atomic mass is 16.5. The van der Waals surface area contributed by atoms with Crippen LogP contribution in [0.4, 0.5) is 0 Å². The van der Waals surface area contributed by atoms with Gasteiger partial charge < -0.3 is 4.74 Å². The van der Waals surface area contributed by atoms with Gasteiger partial charge in [-0.25, -0.2) is 0 Å². The number of hydrogen-bond donors (Lipinski definition) is 0. The monoisotopic (exact) mass is 126 g/mol. The molecule has 0 fully saturated rings. The van der Waals surface area contributed by atoms with Crippen molar-refractivity contribution >= 4 is 0 Å². The summed E-state index contributed by atoms with van der Waals surface area (Å²) < 4.78 is 5.04. The Morgan fingerprint density at radius 1 is 1.44 bits per heavy atom. The molecular formula is C8H14O. The lowest BCUT2D eigenvalue weighted by molar-refractivity contribution is 0.288. The maximum absolute atomic E-state index is 5.04. The summed E-state index contributed by atoms with van der Waals surface area (Å²) >= 11 is 0. The van der Waals surface area contributed by atoms with Crippen LogP contribution in [0.5, 0.6) is 0 Å². The van der Waals surface area contributed by atoms with Gasteiger partial charge in [0.15, 0.2) is 0 Å². The Labute approximate surface area is 57.0 Å². The van der Waals surface area contributed by atoms with Crippen LogP contribution in [-0.4, -0.2) is 6.61 Å². The average molecular weight is 126 g/mol. The molecule has 1 nitrogen and oxygen atoms in total. The third-order valence-corrected chi connectivity index (χ3v) is 0.820. The van der Waals surface area contributed by atoms with Gasteiger partial charge in [-0.05, 0) is 26.8 Å². The fourth-order valence-corrected chi connectivity index (χ4v) is 0.367. The summed E-state index contributed by atoms with van der Waals surface area (Å²) in [6, 6.07) is 0. The van der Waals surface area contributed by atoms with E-state index < -0.39 is 0 Å². The largest absolute Gasteiger partial charge is 0.497 e. The zero-order valence-electron chi connectivity index (χ0n) is 6.35. The Hall–Kier alpha value is -0.720. The number of hydrogen-bond acceptors (Lipinski definition) is 1. The quantitative estimate of drug-likeness (QED) is 0.321. The smallest absolute Gasteiger partial charge is 0.106 e. The van der Waals surface area contributed by atoms with Gasteiger partial charge in [0.05, 0.1) is 6.26 Å². The molecule has 0 aromatic rings. The van der Waals surface area contributed by atoms with Gasteiger partial charge in [0, 0.05) is 0 Å². The van der Waals surface area contributed by atoms with E-state index in [-0.39, 0.29) is 0 Å². The van der Waals surface area contributed by atoms with E-state index in [1.54, 1.807) is 6.26 Å². The summed E-state index contributed by atoms with van der Waals surface area (Å²) in [6.45, 7) is 6.73. The van der Waals surface area contributed by atoms with E-state index in [0.29, 0.717) is 6.61 Å². The first kappa shape index (κ1) is 8.28. The Morgan fingerprint density at radius 3 is 2.56 bits per heavy atom. The summed E-state index contributed by atoms with van der Waals surface area (Å²) in [6.07, 6.45) is 5.61. The van der Waals surface area contributed by atoms with Gasteiger partial charge in [-0.2, -0.15) is 0 Å². The minimum Gasteiger partial charge on any atom is -0.497 e. The van der Waals surface area contributed by atoms with Gasteiger partial charge in [-0.1, -0.05) is 11.6 Å². The minimum atomic E-state index is 0.687. The molecule has 0 rings (SSSR count). The summed E-state index contributed by atoms with van der Waals surface area (Å²) in [7, 11) is 0. The van der Waals surface area contributed by atoms with Gasteiger partial charge in [-0.3, -0.25) is 0 Å². The Bertz CT molecular complexity index is 108. The van der Waals surface area contributed by atoms with Crippen LogP contribution in [0.15, 0.2) is 24.0 Å². The van der Waals surface area contributed by atoms with Crippen LogP contribution < -0.4 is 0 Å². The molecule has 0 aromatic heterocycles. The molecule has 0 atom stereocenters. The van der Waals surface area contributed by atoms with Crippen molar-refractivity contribution in [1.82, 2.24) is 0 Å². The molecule has 52 valence electrons. The van der Waals surface area contributed by atoms with E-state index in [9.17, 15) is 0 Å². The lowest BCUT2D eigenvalue weighted by Crippen LogP contribution is -1.80. The fourth-order valence-electron chi connectivity index (χ4n) is 0.367. The first-order valence-electron chi connectivity index (χ1n) is 3.13. The average Bonchev–Trinajstić information content (AvgIpc) is 1.80. The number of rotatable bonds is 3. The van der Waals surface area contributed by atoms with Gasteiger partial charge in [0.25, 0.3) is 0 Å². The molecule has 0 unspecified atom stereocenters. The van der Waals surface area contributed by atoms with Gasteiger partial charge in [-0.15, -0.1) is 0 Å². The van der Waals surface area contributed by atoms with Crippen LogP contribution in [0.25, 0.3) is 0 Å². The molecule has 0 saturated heterocycles. The Morgan fingerprint density at radius 2 is 2.11 bits per heavy atom. The summed E-state index contributed by atoms with van der Waals surface area (Å²) in [5, 5.41) is 0. The highest BCUT2D eigenvalue weighted by Crippen LogP contribution is 1.88. The predicted octanol–water partition coefficient (Wildman–Crippen LogP) is 2.50.